The molecule has 2 rings (SSSR count). The number of hydrogen-bond donors (Lipinski definition) is 2. The Balaban J connectivity index is 2.05. The van der Waals surface area contributed by atoms with Crippen LogP contribution in [0.2, 0.25) is 0 Å². The molecule has 18 heavy (non-hydrogen) atoms. The zero-order valence-corrected chi connectivity index (χ0v) is 10.2. The van der Waals surface area contributed by atoms with E-state index >= 15 is 0 Å². The van der Waals surface area contributed by atoms with E-state index in [2.05, 4.69) is 15.5 Å². The average molecular weight is 266 g/mol. The van der Waals surface area contributed by atoms with Crippen molar-refractivity contribution in [2.75, 3.05) is 0 Å². The van der Waals surface area contributed by atoms with Crippen LogP contribution in [0.3, 0.4) is 0 Å². The molecule has 0 saturated carbocycles. The Kier molecular flexibility index (Phi) is 3.38. The number of H-pyrrole nitrogens is 1. The van der Waals surface area contributed by atoms with E-state index in [0.717, 1.165) is 16.9 Å². The van der Waals surface area contributed by atoms with Gasteiger partial charge in [-0.2, -0.15) is 5.10 Å². The number of carbonyl (C=O) groups is 1. The number of aromatic nitrogens is 2. The predicted octanol–water partition coefficient (Wildman–Crippen LogP) is 1.87. The van der Waals surface area contributed by atoms with Gasteiger partial charge in [0.15, 0.2) is 0 Å². The van der Waals surface area contributed by atoms with Gasteiger partial charge in [-0.25, -0.2) is 0 Å². The maximum atomic E-state index is 11.8. The van der Waals surface area contributed by atoms with E-state index in [9.17, 15) is 14.9 Å². The third-order valence-corrected chi connectivity index (χ3v) is 3.40. The first-order valence-corrected chi connectivity index (χ1v) is 5.93. The Morgan fingerprint density at radius 1 is 1.61 bits per heavy atom. The molecule has 0 bridgehead atoms. The molecule has 7 nitrogen and oxygen atoms in total. The molecule has 0 aliphatic heterocycles. The highest BCUT2D eigenvalue weighted by atomic mass is 32.1. The summed E-state index contributed by atoms with van der Waals surface area (Å²) in [7, 11) is 0. The maximum Gasteiger partial charge on any atom is 0.324 e. The molecule has 1 unspecified atom stereocenters. The third kappa shape index (κ3) is 2.54. The van der Waals surface area contributed by atoms with E-state index < -0.39 is 4.92 Å². The quantitative estimate of drug-likeness (QED) is 0.651. The Labute approximate surface area is 106 Å². The molecule has 2 N–H and O–H groups in total. The second-order valence-corrected chi connectivity index (χ2v) is 4.68. The first-order chi connectivity index (χ1) is 8.58. The van der Waals surface area contributed by atoms with Crippen LogP contribution in [0.1, 0.15) is 28.2 Å². The van der Waals surface area contributed by atoms with Crippen LogP contribution in [0.5, 0.6) is 0 Å². The summed E-state index contributed by atoms with van der Waals surface area (Å²) in [6.07, 6.45) is 3.30. The smallest absolute Gasteiger partial charge is 0.324 e. The van der Waals surface area contributed by atoms with Crippen molar-refractivity contribution in [3.8, 4) is 0 Å². The second-order valence-electron chi connectivity index (χ2n) is 3.62. The molecule has 94 valence electrons. The highest BCUT2D eigenvalue weighted by molar-refractivity contribution is 7.17. The molecule has 1 amide bonds. The molecule has 2 aromatic rings. The molecule has 0 saturated heterocycles. The summed E-state index contributed by atoms with van der Waals surface area (Å²) in [5.41, 5.74) is 0.842. The molecule has 8 heteroatoms. The van der Waals surface area contributed by atoms with E-state index in [1.165, 1.54) is 12.1 Å². The average Bonchev–Trinajstić information content (AvgIpc) is 3.00. The summed E-state index contributed by atoms with van der Waals surface area (Å²) in [5, 5.41) is 19.7. The van der Waals surface area contributed by atoms with Gasteiger partial charge in [0.05, 0.1) is 22.0 Å². The van der Waals surface area contributed by atoms with Gasteiger partial charge in [0.1, 0.15) is 0 Å². The number of nitrogens with zero attached hydrogens (tertiary/aromatic N) is 2. The number of nitrogens with one attached hydrogen (secondary N) is 2. The minimum atomic E-state index is -0.513. The van der Waals surface area contributed by atoms with Gasteiger partial charge >= 0.3 is 5.00 Å². The molecule has 0 spiro atoms. The van der Waals surface area contributed by atoms with Gasteiger partial charge in [-0.15, -0.1) is 0 Å². The summed E-state index contributed by atoms with van der Waals surface area (Å²) < 4.78 is 0. The molecule has 0 aliphatic carbocycles. The van der Waals surface area contributed by atoms with Crippen LogP contribution in [0.4, 0.5) is 5.00 Å². The van der Waals surface area contributed by atoms with E-state index in [1.54, 1.807) is 12.4 Å². The minimum Gasteiger partial charge on any atom is -0.345 e. The fourth-order valence-electron chi connectivity index (χ4n) is 1.40. The summed E-state index contributed by atoms with van der Waals surface area (Å²) in [4.78, 5) is 22.2. The van der Waals surface area contributed by atoms with E-state index in [1.807, 2.05) is 6.92 Å². The fourth-order valence-corrected chi connectivity index (χ4v) is 2.12. The Morgan fingerprint density at radius 3 is 2.94 bits per heavy atom. The molecular weight excluding hydrogens is 256 g/mol. The molecule has 0 radical (unpaired) electrons. The summed E-state index contributed by atoms with van der Waals surface area (Å²) in [6, 6.07) is 2.56. The Hall–Kier alpha value is -2.22. The highest BCUT2D eigenvalue weighted by Gasteiger charge is 2.17. The Bertz CT molecular complexity index is 563. The lowest BCUT2D eigenvalue weighted by atomic mass is 10.2. The molecule has 2 aromatic heterocycles. The van der Waals surface area contributed by atoms with Crippen molar-refractivity contribution < 1.29 is 9.72 Å². The number of thiophene rings is 1. The van der Waals surface area contributed by atoms with Crippen LogP contribution < -0.4 is 5.32 Å². The lowest BCUT2D eigenvalue weighted by Gasteiger charge is -2.10. The van der Waals surface area contributed by atoms with Gasteiger partial charge in [0.2, 0.25) is 0 Å². The maximum absolute atomic E-state index is 11.8. The van der Waals surface area contributed by atoms with Gasteiger partial charge in [0, 0.05) is 17.8 Å². The molecular formula is C10H10N4O3S. The topological polar surface area (TPSA) is 101 Å². The largest absolute Gasteiger partial charge is 0.345 e. The van der Waals surface area contributed by atoms with Crippen LogP contribution in [0.25, 0.3) is 0 Å². The van der Waals surface area contributed by atoms with Crippen molar-refractivity contribution in [2.45, 2.75) is 13.0 Å². The monoisotopic (exact) mass is 266 g/mol. The second kappa shape index (κ2) is 4.96. The van der Waals surface area contributed by atoms with E-state index in [0.29, 0.717) is 4.88 Å². The van der Waals surface area contributed by atoms with Crippen LogP contribution in [-0.4, -0.2) is 21.0 Å². The fraction of sp³-hybridized carbons (Fsp3) is 0.200. The number of amides is 1. The third-order valence-electron chi connectivity index (χ3n) is 2.36. The summed E-state index contributed by atoms with van der Waals surface area (Å²) in [5.74, 6) is -0.332. The number of aromatic amines is 1. The van der Waals surface area contributed by atoms with Crippen molar-refractivity contribution in [3.63, 3.8) is 0 Å². The highest BCUT2D eigenvalue weighted by Crippen LogP contribution is 2.24. The predicted molar refractivity (Wildman–Crippen MR) is 65.4 cm³/mol. The van der Waals surface area contributed by atoms with Gasteiger partial charge in [-0.1, -0.05) is 11.3 Å². The van der Waals surface area contributed by atoms with Gasteiger partial charge < -0.3 is 5.32 Å². The lowest BCUT2D eigenvalue weighted by molar-refractivity contribution is -0.380. The zero-order valence-electron chi connectivity index (χ0n) is 9.41. The molecule has 0 aromatic carbocycles. The van der Waals surface area contributed by atoms with Gasteiger partial charge in [-0.05, 0) is 13.0 Å². The van der Waals surface area contributed by atoms with Crippen molar-refractivity contribution in [1.82, 2.24) is 15.5 Å². The van der Waals surface area contributed by atoms with Crippen LogP contribution in [-0.2, 0) is 0 Å². The lowest BCUT2D eigenvalue weighted by Crippen LogP contribution is -2.25. The van der Waals surface area contributed by atoms with Crippen molar-refractivity contribution in [2.24, 2.45) is 0 Å². The number of nitro groups is 1. The van der Waals surface area contributed by atoms with Crippen molar-refractivity contribution in [1.29, 1.82) is 0 Å². The number of carbonyl (C=O) groups excluding carboxylic acids is 1. The Morgan fingerprint density at radius 2 is 2.39 bits per heavy atom. The van der Waals surface area contributed by atoms with Crippen molar-refractivity contribution in [3.05, 3.63) is 45.1 Å². The van der Waals surface area contributed by atoms with Crippen LogP contribution in [0, 0.1) is 10.1 Å². The minimum absolute atomic E-state index is 0.0453. The van der Waals surface area contributed by atoms with Crippen LogP contribution >= 0.6 is 11.3 Å². The number of rotatable bonds is 4. The van der Waals surface area contributed by atoms with Crippen LogP contribution in [0.15, 0.2) is 24.5 Å². The summed E-state index contributed by atoms with van der Waals surface area (Å²) in [6.45, 7) is 1.81. The van der Waals surface area contributed by atoms with E-state index in [4.69, 9.17) is 0 Å². The van der Waals surface area contributed by atoms with Gasteiger partial charge in [0.25, 0.3) is 5.91 Å². The molecule has 1 atom stereocenters. The van der Waals surface area contributed by atoms with Crippen molar-refractivity contribution >= 4 is 22.2 Å². The molecule has 0 fully saturated rings. The number of hydrogen-bond acceptors (Lipinski definition) is 5. The standard InChI is InChI=1S/C10H10N4O3S/c1-6(7-4-11-12-5-7)13-10(15)8-2-3-9(18-8)14(16)17/h2-6H,1H3,(H,11,12)(H,13,15). The summed E-state index contributed by atoms with van der Waals surface area (Å²) >= 11 is 0.854. The zero-order chi connectivity index (χ0) is 13.1. The van der Waals surface area contributed by atoms with Gasteiger partial charge in [-0.3, -0.25) is 20.0 Å². The first-order valence-electron chi connectivity index (χ1n) is 5.11. The molecule has 0 aliphatic rings. The first kappa shape index (κ1) is 12.2. The SMILES string of the molecule is CC(NC(=O)c1ccc([N+](=O)[O-])s1)c1cn[nH]c1. The van der Waals surface area contributed by atoms with E-state index in [-0.39, 0.29) is 17.0 Å². The molecule has 2 heterocycles. The normalized spacial score (nSPS) is 12.1.